The van der Waals surface area contributed by atoms with Crippen LogP contribution in [-0.4, -0.2) is 35.6 Å². The minimum absolute atomic E-state index is 0.254. The van der Waals surface area contributed by atoms with Crippen LogP contribution in [-0.2, 0) is 27.7 Å². The first-order valence-corrected chi connectivity index (χ1v) is 8.81. The number of epoxide rings is 2. The van der Waals surface area contributed by atoms with Crippen molar-refractivity contribution in [2.45, 2.75) is 44.3 Å². The van der Waals surface area contributed by atoms with Crippen LogP contribution in [0.3, 0.4) is 0 Å². The fraction of sp³-hybridized carbons (Fsp3) is 0.429. The van der Waals surface area contributed by atoms with Crippen molar-refractivity contribution in [2.24, 2.45) is 0 Å². The van der Waals surface area contributed by atoms with Gasteiger partial charge in [-0.3, -0.25) is 0 Å². The van der Waals surface area contributed by atoms with E-state index in [1.165, 1.54) is 11.1 Å². The summed E-state index contributed by atoms with van der Waals surface area (Å²) in [5.74, 6) is 0.569. The van der Waals surface area contributed by atoms with Gasteiger partial charge in [0, 0.05) is 18.3 Å². The molecule has 2 unspecified atom stereocenters. The lowest BCUT2D eigenvalue weighted by Gasteiger charge is -2.31. The van der Waals surface area contributed by atoms with Gasteiger partial charge in [0.1, 0.15) is 11.5 Å². The molecule has 2 fully saturated rings. The average Bonchev–Trinajstić information content (AvgIpc) is 3.44. The van der Waals surface area contributed by atoms with Crippen LogP contribution in [0.1, 0.15) is 36.1 Å². The van der Waals surface area contributed by atoms with Crippen molar-refractivity contribution in [3.05, 3.63) is 58.7 Å². The summed E-state index contributed by atoms with van der Waals surface area (Å²) in [5, 5.41) is 19.9. The van der Waals surface area contributed by atoms with Gasteiger partial charge in [0.2, 0.25) is 0 Å². The molecule has 25 heavy (non-hydrogen) atoms. The smallest absolute Gasteiger partial charge is 0.115 e. The number of phenols is 2. The molecule has 2 aliphatic heterocycles. The molecule has 2 N–H and O–H groups in total. The maximum absolute atomic E-state index is 9.93. The molecular formula is C21H24O4. The first kappa shape index (κ1) is 16.4. The van der Waals surface area contributed by atoms with Gasteiger partial charge in [-0.2, -0.15) is 0 Å². The Morgan fingerprint density at radius 3 is 1.60 bits per heavy atom. The van der Waals surface area contributed by atoms with Crippen LogP contribution in [0, 0.1) is 0 Å². The van der Waals surface area contributed by atoms with Crippen molar-refractivity contribution in [1.29, 1.82) is 0 Å². The molecule has 2 aromatic rings. The second-order valence-corrected chi connectivity index (χ2v) is 7.63. The number of rotatable bonds is 6. The van der Waals surface area contributed by atoms with E-state index in [-0.39, 0.29) is 29.1 Å². The summed E-state index contributed by atoms with van der Waals surface area (Å²) >= 11 is 0. The van der Waals surface area contributed by atoms with Crippen LogP contribution >= 0.6 is 0 Å². The van der Waals surface area contributed by atoms with E-state index in [0.29, 0.717) is 0 Å². The van der Waals surface area contributed by atoms with Crippen LogP contribution in [0.5, 0.6) is 11.5 Å². The first-order chi connectivity index (χ1) is 11.9. The van der Waals surface area contributed by atoms with Gasteiger partial charge in [0.05, 0.1) is 25.4 Å². The molecule has 0 aliphatic carbocycles. The molecule has 0 radical (unpaired) electrons. The summed E-state index contributed by atoms with van der Waals surface area (Å²) in [4.78, 5) is 0. The Labute approximate surface area is 148 Å². The molecule has 132 valence electrons. The first-order valence-electron chi connectivity index (χ1n) is 8.81. The Morgan fingerprint density at radius 2 is 1.24 bits per heavy atom. The van der Waals surface area contributed by atoms with Crippen molar-refractivity contribution in [3.8, 4) is 11.5 Å². The van der Waals surface area contributed by atoms with Gasteiger partial charge in [0.25, 0.3) is 0 Å². The SMILES string of the molecule is CC(C)(c1ccc(O)cc1CC1CO1)c1ccc(O)cc1CC1CO1. The quantitative estimate of drug-likeness (QED) is 0.792. The van der Waals surface area contributed by atoms with Gasteiger partial charge in [0.15, 0.2) is 0 Å². The highest BCUT2D eigenvalue weighted by atomic mass is 16.6. The van der Waals surface area contributed by atoms with E-state index < -0.39 is 0 Å². The number of phenolic OH excluding ortho intramolecular Hbond substituents is 2. The zero-order valence-corrected chi connectivity index (χ0v) is 14.7. The summed E-state index contributed by atoms with van der Waals surface area (Å²) < 4.78 is 10.8. The zero-order valence-electron chi connectivity index (χ0n) is 14.7. The third kappa shape index (κ3) is 3.51. The Morgan fingerprint density at radius 1 is 0.840 bits per heavy atom. The molecular weight excluding hydrogens is 316 g/mol. The van der Waals surface area contributed by atoms with Gasteiger partial charge >= 0.3 is 0 Å². The fourth-order valence-electron chi connectivity index (χ4n) is 3.72. The highest BCUT2D eigenvalue weighted by molar-refractivity contribution is 5.50. The van der Waals surface area contributed by atoms with Gasteiger partial charge < -0.3 is 19.7 Å². The van der Waals surface area contributed by atoms with Crippen molar-refractivity contribution in [1.82, 2.24) is 0 Å². The Balaban J connectivity index is 1.76. The van der Waals surface area contributed by atoms with E-state index >= 15 is 0 Å². The predicted molar refractivity (Wildman–Crippen MR) is 95.2 cm³/mol. The number of ether oxygens (including phenoxy) is 2. The van der Waals surface area contributed by atoms with Crippen LogP contribution in [0.25, 0.3) is 0 Å². The fourth-order valence-corrected chi connectivity index (χ4v) is 3.72. The highest BCUT2D eigenvalue weighted by Crippen LogP contribution is 2.39. The van der Waals surface area contributed by atoms with E-state index in [0.717, 1.165) is 37.2 Å². The lowest BCUT2D eigenvalue weighted by Crippen LogP contribution is -2.23. The van der Waals surface area contributed by atoms with E-state index in [9.17, 15) is 10.2 Å². The summed E-state index contributed by atoms with van der Waals surface area (Å²) in [5.41, 5.74) is 4.35. The minimum Gasteiger partial charge on any atom is -0.508 e. The molecule has 0 bridgehead atoms. The van der Waals surface area contributed by atoms with Gasteiger partial charge in [-0.25, -0.2) is 0 Å². The molecule has 0 spiro atoms. The number of aromatic hydroxyl groups is 2. The van der Waals surface area contributed by atoms with Crippen LogP contribution in [0.4, 0.5) is 0 Å². The van der Waals surface area contributed by atoms with Crippen molar-refractivity contribution in [3.63, 3.8) is 0 Å². The Hall–Kier alpha value is -2.04. The van der Waals surface area contributed by atoms with E-state index in [2.05, 4.69) is 13.8 Å². The van der Waals surface area contributed by atoms with E-state index in [1.807, 2.05) is 24.3 Å². The molecule has 4 heteroatoms. The second-order valence-electron chi connectivity index (χ2n) is 7.63. The summed E-state index contributed by atoms with van der Waals surface area (Å²) in [7, 11) is 0. The molecule has 0 aromatic heterocycles. The third-order valence-electron chi connectivity index (χ3n) is 5.22. The molecule has 0 amide bonds. The van der Waals surface area contributed by atoms with Crippen LogP contribution in [0.2, 0.25) is 0 Å². The Bertz CT molecular complexity index is 723. The van der Waals surface area contributed by atoms with Crippen molar-refractivity contribution < 1.29 is 19.7 Å². The largest absolute Gasteiger partial charge is 0.508 e. The summed E-state index contributed by atoms with van der Waals surface area (Å²) in [6.07, 6.45) is 2.14. The molecule has 2 aliphatic rings. The molecule has 2 atom stereocenters. The number of benzene rings is 2. The Kier molecular flexibility index (Phi) is 3.97. The summed E-state index contributed by atoms with van der Waals surface area (Å²) in [6, 6.07) is 11.2. The number of hydrogen-bond donors (Lipinski definition) is 2. The van der Waals surface area contributed by atoms with Crippen LogP contribution in [0.15, 0.2) is 36.4 Å². The molecule has 2 aromatic carbocycles. The normalized spacial score (nSPS) is 22.0. The highest BCUT2D eigenvalue weighted by Gasteiger charge is 2.33. The maximum atomic E-state index is 9.93. The van der Waals surface area contributed by atoms with E-state index in [4.69, 9.17) is 9.47 Å². The predicted octanol–water partition coefficient (Wildman–Crippen LogP) is 3.31. The van der Waals surface area contributed by atoms with Crippen molar-refractivity contribution in [2.75, 3.05) is 13.2 Å². The van der Waals surface area contributed by atoms with Gasteiger partial charge in [-0.1, -0.05) is 26.0 Å². The lowest BCUT2D eigenvalue weighted by molar-refractivity contribution is 0.404. The molecule has 0 saturated carbocycles. The topological polar surface area (TPSA) is 65.5 Å². The van der Waals surface area contributed by atoms with Crippen LogP contribution < -0.4 is 0 Å². The third-order valence-corrected chi connectivity index (χ3v) is 5.22. The molecule has 4 nitrogen and oxygen atoms in total. The zero-order chi connectivity index (χ0) is 17.6. The maximum Gasteiger partial charge on any atom is 0.115 e. The molecule has 4 rings (SSSR count). The molecule has 2 heterocycles. The lowest BCUT2D eigenvalue weighted by atomic mass is 9.73. The van der Waals surface area contributed by atoms with Gasteiger partial charge in [-0.15, -0.1) is 0 Å². The minimum atomic E-state index is -0.254. The number of hydrogen-bond acceptors (Lipinski definition) is 4. The monoisotopic (exact) mass is 340 g/mol. The standard InChI is InChI=1S/C21H24O4/c1-21(2,19-5-3-15(22)7-13(19)9-17-11-24-17)20-6-4-16(23)8-14(20)10-18-12-25-18/h3-8,17-18,22-23H,9-12H2,1-2H3. The molecule has 2 saturated heterocycles. The van der Waals surface area contributed by atoms with Crippen molar-refractivity contribution >= 4 is 0 Å². The van der Waals surface area contributed by atoms with E-state index in [1.54, 1.807) is 12.1 Å². The van der Waals surface area contributed by atoms with Gasteiger partial charge in [-0.05, 0) is 46.5 Å². The summed E-state index contributed by atoms with van der Waals surface area (Å²) in [6.45, 7) is 5.97. The second kappa shape index (κ2) is 6.04. The average molecular weight is 340 g/mol.